The minimum absolute atomic E-state index is 0.452. The second-order valence-electron chi connectivity index (χ2n) is 4.28. The van der Waals surface area contributed by atoms with E-state index < -0.39 is 0 Å². The third-order valence-electron chi connectivity index (χ3n) is 3.18. The van der Waals surface area contributed by atoms with Crippen molar-refractivity contribution in [1.29, 1.82) is 0 Å². The molecule has 0 aromatic rings. The Morgan fingerprint density at radius 2 is 2.13 bits per heavy atom. The van der Waals surface area contributed by atoms with Gasteiger partial charge in [0.1, 0.15) is 0 Å². The molecular formula is C11H24N2OS. The highest BCUT2D eigenvalue weighted by Crippen LogP contribution is 2.23. The summed E-state index contributed by atoms with van der Waals surface area (Å²) >= 11 is 2.02. The molecule has 1 rings (SSSR count). The maximum Gasteiger partial charge on any atom is 0.0469 e. The highest BCUT2D eigenvalue weighted by molar-refractivity contribution is 7.99. The predicted molar refractivity (Wildman–Crippen MR) is 66.9 cm³/mol. The molecule has 2 unspecified atom stereocenters. The van der Waals surface area contributed by atoms with Crippen LogP contribution in [-0.4, -0.2) is 30.3 Å². The molecule has 3 N–H and O–H groups in total. The van der Waals surface area contributed by atoms with Crippen LogP contribution in [0.3, 0.4) is 0 Å². The second kappa shape index (κ2) is 7.49. The van der Waals surface area contributed by atoms with E-state index in [2.05, 4.69) is 19.3 Å². The zero-order valence-corrected chi connectivity index (χ0v) is 10.7. The average molecular weight is 232 g/mol. The van der Waals surface area contributed by atoms with Gasteiger partial charge in [0.05, 0.1) is 0 Å². The molecule has 3 nitrogen and oxygen atoms in total. The van der Waals surface area contributed by atoms with Crippen LogP contribution in [0.4, 0.5) is 0 Å². The van der Waals surface area contributed by atoms with Crippen molar-refractivity contribution in [3.8, 4) is 0 Å². The van der Waals surface area contributed by atoms with Gasteiger partial charge in [0, 0.05) is 30.3 Å². The largest absolute Gasteiger partial charge is 0.381 e. The first-order valence-corrected chi connectivity index (χ1v) is 6.98. The van der Waals surface area contributed by atoms with Gasteiger partial charge in [-0.25, -0.2) is 0 Å². The maximum absolute atomic E-state index is 5.63. The van der Waals surface area contributed by atoms with Gasteiger partial charge < -0.3 is 4.74 Å². The lowest BCUT2D eigenvalue weighted by molar-refractivity contribution is 0.0566. The summed E-state index contributed by atoms with van der Waals surface area (Å²) in [6, 6.07) is 0.452. The first kappa shape index (κ1) is 13.3. The standard InChI is InChI=1S/C11H24N2OS/c1-3-9(2)15-8-11(13-12)10-4-6-14-7-5-10/h9-11,13H,3-8,12H2,1-2H3. The van der Waals surface area contributed by atoms with Crippen molar-refractivity contribution >= 4 is 11.8 Å². The first-order valence-electron chi connectivity index (χ1n) is 5.93. The van der Waals surface area contributed by atoms with Crippen LogP contribution in [0.25, 0.3) is 0 Å². The number of nitrogens with two attached hydrogens (primary N) is 1. The molecule has 1 heterocycles. The Bertz CT molecular complexity index is 163. The molecule has 1 fully saturated rings. The number of ether oxygens (including phenoxy) is 1. The van der Waals surface area contributed by atoms with Gasteiger partial charge in [0.25, 0.3) is 0 Å². The van der Waals surface area contributed by atoms with E-state index in [-0.39, 0.29) is 0 Å². The fourth-order valence-corrected chi connectivity index (χ4v) is 2.96. The molecule has 0 spiro atoms. The van der Waals surface area contributed by atoms with Crippen molar-refractivity contribution in [2.45, 2.75) is 44.4 Å². The summed E-state index contributed by atoms with van der Waals surface area (Å²) in [7, 11) is 0. The van der Waals surface area contributed by atoms with Gasteiger partial charge in [-0.2, -0.15) is 11.8 Å². The molecule has 1 aliphatic heterocycles. The molecular weight excluding hydrogens is 208 g/mol. The topological polar surface area (TPSA) is 47.3 Å². The van der Waals surface area contributed by atoms with Crippen LogP contribution in [0.1, 0.15) is 33.1 Å². The summed E-state index contributed by atoms with van der Waals surface area (Å²) in [6.07, 6.45) is 3.53. The lowest BCUT2D eigenvalue weighted by Crippen LogP contribution is -2.44. The number of hydrogen-bond acceptors (Lipinski definition) is 4. The molecule has 1 aliphatic rings. The van der Waals surface area contributed by atoms with E-state index in [1.165, 1.54) is 6.42 Å². The molecule has 15 heavy (non-hydrogen) atoms. The summed E-state index contributed by atoms with van der Waals surface area (Å²) in [5, 5.41) is 0.737. The van der Waals surface area contributed by atoms with E-state index in [1.54, 1.807) is 0 Å². The summed E-state index contributed by atoms with van der Waals surface area (Å²) in [5.74, 6) is 7.44. The monoisotopic (exact) mass is 232 g/mol. The number of hydrogen-bond donors (Lipinski definition) is 2. The summed E-state index contributed by atoms with van der Waals surface area (Å²) in [4.78, 5) is 0. The smallest absolute Gasteiger partial charge is 0.0469 e. The zero-order chi connectivity index (χ0) is 11.1. The van der Waals surface area contributed by atoms with Crippen molar-refractivity contribution in [3.05, 3.63) is 0 Å². The van der Waals surface area contributed by atoms with Crippen molar-refractivity contribution in [2.75, 3.05) is 19.0 Å². The molecule has 2 atom stereocenters. The Labute approximate surface area is 97.5 Å². The maximum atomic E-state index is 5.63. The van der Waals surface area contributed by atoms with Gasteiger partial charge >= 0.3 is 0 Å². The van der Waals surface area contributed by atoms with Crippen molar-refractivity contribution in [3.63, 3.8) is 0 Å². The van der Waals surface area contributed by atoms with E-state index in [9.17, 15) is 0 Å². The van der Waals surface area contributed by atoms with Crippen LogP contribution < -0.4 is 11.3 Å². The third-order valence-corrected chi connectivity index (χ3v) is 4.64. The molecule has 0 aromatic heterocycles. The van der Waals surface area contributed by atoms with Crippen LogP contribution in [0.15, 0.2) is 0 Å². The second-order valence-corrected chi connectivity index (χ2v) is 5.75. The molecule has 0 radical (unpaired) electrons. The van der Waals surface area contributed by atoms with Crippen LogP contribution in [0.5, 0.6) is 0 Å². The molecule has 0 aromatic carbocycles. The van der Waals surface area contributed by atoms with Crippen LogP contribution in [0, 0.1) is 5.92 Å². The van der Waals surface area contributed by atoms with Crippen molar-refractivity contribution in [1.82, 2.24) is 5.43 Å². The summed E-state index contributed by atoms with van der Waals surface area (Å²) < 4.78 is 5.37. The molecule has 4 heteroatoms. The molecule has 90 valence electrons. The van der Waals surface area contributed by atoms with Gasteiger partial charge in [0.15, 0.2) is 0 Å². The molecule has 0 aliphatic carbocycles. The minimum Gasteiger partial charge on any atom is -0.381 e. The molecule has 0 amide bonds. The average Bonchev–Trinajstić information content (AvgIpc) is 2.31. The van der Waals surface area contributed by atoms with Gasteiger partial charge in [-0.05, 0) is 25.2 Å². The van der Waals surface area contributed by atoms with Crippen molar-refractivity contribution in [2.24, 2.45) is 11.8 Å². The normalized spacial score (nSPS) is 22.6. The van der Waals surface area contributed by atoms with Gasteiger partial charge in [0.2, 0.25) is 0 Å². The first-order chi connectivity index (χ1) is 7.27. The van der Waals surface area contributed by atoms with E-state index in [0.717, 1.165) is 37.1 Å². The number of rotatable bonds is 6. The fraction of sp³-hybridized carbons (Fsp3) is 1.00. The fourth-order valence-electron chi connectivity index (χ4n) is 1.82. The highest BCUT2D eigenvalue weighted by atomic mass is 32.2. The number of thioether (sulfide) groups is 1. The number of nitrogens with one attached hydrogen (secondary N) is 1. The Morgan fingerprint density at radius 1 is 1.47 bits per heavy atom. The molecule has 0 saturated carbocycles. The van der Waals surface area contributed by atoms with E-state index >= 15 is 0 Å². The molecule has 0 bridgehead atoms. The quantitative estimate of drug-likeness (QED) is 0.541. The summed E-state index contributed by atoms with van der Waals surface area (Å²) in [5.41, 5.74) is 2.97. The summed E-state index contributed by atoms with van der Waals surface area (Å²) in [6.45, 7) is 6.31. The Morgan fingerprint density at radius 3 is 2.67 bits per heavy atom. The van der Waals surface area contributed by atoms with Gasteiger partial charge in [-0.15, -0.1) is 0 Å². The van der Waals surface area contributed by atoms with Crippen LogP contribution >= 0.6 is 11.8 Å². The predicted octanol–water partition coefficient (Wildman–Crippen LogP) is 1.78. The zero-order valence-electron chi connectivity index (χ0n) is 9.87. The SMILES string of the molecule is CCC(C)SCC(NN)C1CCOCC1. The third kappa shape index (κ3) is 4.72. The van der Waals surface area contributed by atoms with Crippen LogP contribution in [-0.2, 0) is 4.74 Å². The van der Waals surface area contributed by atoms with E-state index in [0.29, 0.717) is 12.0 Å². The minimum atomic E-state index is 0.452. The Kier molecular flexibility index (Phi) is 6.64. The lowest BCUT2D eigenvalue weighted by atomic mass is 9.93. The van der Waals surface area contributed by atoms with Crippen molar-refractivity contribution < 1.29 is 4.74 Å². The lowest BCUT2D eigenvalue weighted by Gasteiger charge is -2.30. The van der Waals surface area contributed by atoms with Crippen LogP contribution in [0.2, 0.25) is 0 Å². The Hall–Kier alpha value is 0.230. The highest BCUT2D eigenvalue weighted by Gasteiger charge is 2.23. The number of hydrazine groups is 1. The van der Waals surface area contributed by atoms with Gasteiger partial charge in [-0.1, -0.05) is 13.8 Å². The van der Waals surface area contributed by atoms with E-state index in [4.69, 9.17) is 10.6 Å². The Balaban J connectivity index is 2.27. The molecule has 1 saturated heterocycles. The van der Waals surface area contributed by atoms with Gasteiger partial charge in [-0.3, -0.25) is 11.3 Å². The van der Waals surface area contributed by atoms with E-state index in [1.807, 2.05) is 11.8 Å².